The van der Waals surface area contributed by atoms with E-state index in [-0.39, 0.29) is 12.5 Å². The van der Waals surface area contributed by atoms with Crippen LogP contribution in [0, 0.1) is 0 Å². The lowest BCUT2D eigenvalue weighted by atomic mass is 10.3. The molecule has 0 spiro atoms. The van der Waals surface area contributed by atoms with E-state index in [2.05, 4.69) is 26.6 Å². The highest BCUT2D eigenvalue weighted by Crippen LogP contribution is 2.27. The molecular formula is C11H15BrN2O2. The number of benzene rings is 1. The van der Waals surface area contributed by atoms with Crippen LogP contribution in [-0.4, -0.2) is 26.1 Å². The zero-order valence-corrected chi connectivity index (χ0v) is 10.9. The number of methoxy groups -OCH3 is 1. The third-order valence-electron chi connectivity index (χ3n) is 1.97. The van der Waals surface area contributed by atoms with Crippen molar-refractivity contribution in [3.05, 3.63) is 22.7 Å². The third kappa shape index (κ3) is 3.73. The van der Waals surface area contributed by atoms with Gasteiger partial charge in [-0.3, -0.25) is 4.79 Å². The standard InChI is InChI=1S/C11H15BrN2O2/c1-3-13-11(15)7-14-9-6-8(12)4-5-10(9)16-2/h4-6,14H,3,7H2,1-2H3,(H,13,15). The molecule has 0 aliphatic carbocycles. The van der Waals surface area contributed by atoms with Crippen molar-refractivity contribution in [2.24, 2.45) is 0 Å². The van der Waals surface area contributed by atoms with Crippen molar-refractivity contribution in [1.82, 2.24) is 5.32 Å². The van der Waals surface area contributed by atoms with Crippen LogP contribution in [0.4, 0.5) is 5.69 Å². The second-order valence-electron chi connectivity index (χ2n) is 3.15. The molecule has 88 valence electrons. The molecule has 0 aromatic heterocycles. The minimum Gasteiger partial charge on any atom is -0.495 e. The molecule has 0 unspecified atom stereocenters. The number of hydrogen-bond donors (Lipinski definition) is 2. The van der Waals surface area contributed by atoms with Gasteiger partial charge in [0.05, 0.1) is 19.3 Å². The molecule has 1 amide bonds. The van der Waals surface area contributed by atoms with Gasteiger partial charge in [0.1, 0.15) is 5.75 Å². The van der Waals surface area contributed by atoms with Crippen LogP contribution in [0.2, 0.25) is 0 Å². The molecule has 0 saturated heterocycles. The highest BCUT2D eigenvalue weighted by Gasteiger charge is 2.05. The Labute approximate surface area is 103 Å². The van der Waals surface area contributed by atoms with Crippen LogP contribution in [0.1, 0.15) is 6.92 Å². The molecule has 2 N–H and O–H groups in total. The first-order valence-corrected chi connectivity index (χ1v) is 5.80. The van der Waals surface area contributed by atoms with Crippen LogP contribution >= 0.6 is 15.9 Å². The molecule has 5 heteroatoms. The lowest BCUT2D eigenvalue weighted by Gasteiger charge is -2.11. The second kappa shape index (κ2) is 6.37. The van der Waals surface area contributed by atoms with E-state index in [0.717, 1.165) is 10.2 Å². The van der Waals surface area contributed by atoms with Crippen LogP contribution in [0.25, 0.3) is 0 Å². The van der Waals surface area contributed by atoms with Crippen LogP contribution in [-0.2, 0) is 4.79 Å². The Morgan fingerprint density at radius 3 is 2.88 bits per heavy atom. The Hall–Kier alpha value is -1.23. The number of carbonyl (C=O) groups excluding carboxylic acids is 1. The molecule has 0 fully saturated rings. The van der Waals surface area contributed by atoms with Gasteiger partial charge in [0, 0.05) is 11.0 Å². The molecule has 4 nitrogen and oxygen atoms in total. The fourth-order valence-electron chi connectivity index (χ4n) is 1.25. The maximum absolute atomic E-state index is 11.3. The number of rotatable bonds is 5. The van der Waals surface area contributed by atoms with Gasteiger partial charge in [-0.25, -0.2) is 0 Å². The lowest BCUT2D eigenvalue weighted by molar-refractivity contribution is -0.119. The molecule has 0 aliphatic rings. The van der Waals surface area contributed by atoms with E-state index in [1.165, 1.54) is 0 Å². The first kappa shape index (κ1) is 12.8. The summed E-state index contributed by atoms with van der Waals surface area (Å²) in [5.74, 6) is 0.678. The van der Waals surface area contributed by atoms with Crippen molar-refractivity contribution in [3.8, 4) is 5.75 Å². The predicted molar refractivity (Wildman–Crippen MR) is 67.9 cm³/mol. The van der Waals surface area contributed by atoms with Crippen molar-refractivity contribution in [2.45, 2.75) is 6.92 Å². The van der Waals surface area contributed by atoms with Crippen LogP contribution in [0.5, 0.6) is 5.75 Å². The number of carbonyl (C=O) groups is 1. The van der Waals surface area contributed by atoms with E-state index >= 15 is 0 Å². The largest absolute Gasteiger partial charge is 0.495 e. The van der Waals surface area contributed by atoms with Crippen molar-refractivity contribution >= 4 is 27.5 Å². The minimum absolute atomic E-state index is 0.0375. The third-order valence-corrected chi connectivity index (χ3v) is 2.47. The van der Waals surface area contributed by atoms with E-state index in [0.29, 0.717) is 12.3 Å². The van der Waals surface area contributed by atoms with E-state index in [4.69, 9.17) is 4.74 Å². The summed E-state index contributed by atoms with van der Waals surface area (Å²) in [5.41, 5.74) is 0.795. The topological polar surface area (TPSA) is 50.4 Å². The minimum atomic E-state index is -0.0375. The van der Waals surface area contributed by atoms with Crippen molar-refractivity contribution in [3.63, 3.8) is 0 Å². The molecule has 0 atom stereocenters. The smallest absolute Gasteiger partial charge is 0.239 e. The van der Waals surface area contributed by atoms with Gasteiger partial charge in [-0.05, 0) is 25.1 Å². The first-order valence-electron chi connectivity index (χ1n) is 5.01. The molecule has 0 saturated carbocycles. The summed E-state index contributed by atoms with van der Waals surface area (Å²) in [5, 5.41) is 5.74. The fraction of sp³-hybridized carbons (Fsp3) is 0.364. The van der Waals surface area contributed by atoms with Gasteiger partial charge < -0.3 is 15.4 Å². The average Bonchev–Trinajstić information content (AvgIpc) is 2.27. The molecule has 1 rings (SSSR count). The number of nitrogens with one attached hydrogen (secondary N) is 2. The lowest BCUT2D eigenvalue weighted by Crippen LogP contribution is -2.29. The molecule has 1 aromatic carbocycles. The zero-order valence-electron chi connectivity index (χ0n) is 9.34. The van der Waals surface area contributed by atoms with E-state index in [1.54, 1.807) is 7.11 Å². The monoisotopic (exact) mass is 286 g/mol. The first-order chi connectivity index (χ1) is 7.67. The molecule has 0 bridgehead atoms. The Balaban J connectivity index is 2.65. The number of amides is 1. The molecule has 0 heterocycles. The molecular weight excluding hydrogens is 272 g/mol. The van der Waals surface area contributed by atoms with Gasteiger partial charge in [-0.1, -0.05) is 15.9 Å². The summed E-state index contributed by atoms with van der Waals surface area (Å²) in [4.78, 5) is 11.3. The fourth-order valence-corrected chi connectivity index (χ4v) is 1.61. The molecule has 1 aromatic rings. The van der Waals surface area contributed by atoms with E-state index in [1.807, 2.05) is 25.1 Å². The number of likely N-dealkylation sites (N-methyl/N-ethyl adjacent to an activating group) is 1. The Bertz CT molecular complexity index is 369. The van der Waals surface area contributed by atoms with Crippen molar-refractivity contribution in [1.29, 1.82) is 0 Å². The van der Waals surface area contributed by atoms with Crippen LogP contribution < -0.4 is 15.4 Å². The molecule has 0 radical (unpaired) electrons. The van der Waals surface area contributed by atoms with E-state index in [9.17, 15) is 4.79 Å². The van der Waals surface area contributed by atoms with Crippen LogP contribution in [0.15, 0.2) is 22.7 Å². The quantitative estimate of drug-likeness (QED) is 0.871. The van der Waals surface area contributed by atoms with Crippen LogP contribution in [0.3, 0.4) is 0 Å². The summed E-state index contributed by atoms with van der Waals surface area (Å²) in [6.45, 7) is 2.76. The zero-order chi connectivity index (χ0) is 12.0. The highest BCUT2D eigenvalue weighted by atomic mass is 79.9. The van der Waals surface area contributed by atoms with E-state index < -0.39 is 0 Å². The Morgan fingerprint density at radius 1 is 1.50 bits per heavy atom. The predicted octanol–water partition coefficient (Wildman–Crippen LogP) is 2.01. The summed E-state index contributed by atoms with van der Waals surface area (Å²) in [6.07, 6.45) is 0. The average molecular weight is 287 g/mol. The van der Waals surface area contributed by atoms with Crippen molar-refractivity contribution in [2.75, 3.05) is 25.5 Å². The molecule has 16 heavy (non-hydrogen) atoms. The maximum atomic E-state index is 11.3. The number of hydrogen-bond acceptors (Lipinski definition) is 3. The summed E-state index contributed by atoms with van der Waals surface area (Å²) < 4.78 is 6.11. The molecule has 0 aliphatic heterocycles. The Kier molecular flexibility index (Phi) is 5.11. The van der Waals surface area contributed by atoms with Gasteiger partial charge in [-0.2, -0.15) is 0 Å². The van der Waals surface area contributed by atoms with Gasteiger partial charge in [0.2, 0.25) is 5.91 Å². The van der Waals surface area contributed by atoms with Gasteiger partial charge in [-0.15, -0.1) is 0 Å². The number of ether oxygens (including phenoxy) is 1. The normalized spacial score (nSPS) is 9.69. The van der Waals surface area contributed by atoms with Gasteiger partial charge in [0.25, 0.3) is 0 Å². The summed E-state index contributed by atoms with van der Waals surface area (Å²) in [7, 11) is 1.60. The Morgan fingerprint density at radius 2 is 2.25 bits per heavy atom. The number of halogens is 1. The van der Waals surface area contributed by atoms with Gasteiger partial charge in [0.15, 0.2) is 0 Å². The SMILES string of the molecule is CCNC(=O)CNc1cc(Br)ccc1OC. The van der Waals surface area contributed by atoms with Gasteiger partial charge >= 0.3 is 0 Å². The summed E-state index contributed by atoms with van der Waals surface area (Å²) in [6, 6.07) is 5.60. The maximum Gasteiger partial charge on any atom is 0.239 e. The second-order valence-corrected chi connectivity index (χ2v) is 4.07. The van der Waals surface area contributed by atoms with Crippen molar-refractivity contribution < 1.29 is 9.53 Å². The number of anilines is 1. The highest BCUT2D eigenvalue weighted by molar-refractivity contribution is 9.10. The summed E-state index contributed by atoms with van der Waals surface area (Å²) >= 11 is 3.37.